The van der Waals surface area contributed by atoms with Gasteiger partial charge in [-0.25, -0.2) is 0 Å². The SMILES string of the molecule is CCCCCCCCCCCCCCCC(=O)OC(O)(CO)OC(=O)CCCCCCCCCCCCCCC. The van der Waals surface area contributed by atoms with E-state index >= 15 is 0 Å². The number of carbonyl (C=O) groups excluding carboxylic acids is 2. The maximum atomic E-state index is 12.1. The third kappa shape index (κ3) is 27.1. The molecule has 0 aliphatic rings. The van der Waals surface area contributed by atoms with E-state index in [0.29, 0.717) is 12.8 Å². The van der Waals surface area contributed by atoms with Gasteiger partial charge in [-0.3, -0.25) is 9.59 Å². The monoisotopic (exact) mass is 570 g/mol. The predicted octanol–water partition coefficient (Wildman–Crippen LogP) is 9.67. The molecule has 0 aromatic rings. The van der Waals surface area contributed by atoms with E-state index in [9.17, 15) is 19.8 Å². The fourth-order valence-electron chi connectivity index (χ4n) is 5.12. The van der Waals surface area contributed by atoms with E-state index in [1.807, 2.05) is 0 Å². The highest BCUT2D eigenvalue weighted by Gasteiger charge is 2.35. The molecule has 0 unspecified atom stereocenters. The molecule has 6 heteroatoms. The summed E-state index contributed by atoms with van der Waals surface area (Å²) in [4.78, 5) is 24.2. The lowest BCUT2D eigenvalue weighted by atomic mass is 10.0. The topological polar surface area (TPSA) is 93.1 Å². The van der Waals surface area contributed by atoms with Crippen molar-refractivity contribution in [1.29, 1.82) is 0 Å². The molecule has 0 aromatic heterocycles. The zero-order valence-electron chi connectivity index (χ0n) is 26.5. The Hall–Kier alpha value is -1.14. The number of aliphatic hydroxyl groups excluding tert-OH is 1. The minimum Gasteiger partial charge on any atom is -0.396 e. The average molecular weight is 571 g/mol. The first-order chi connectivity index (χ1) is 19.5. The number of carbonyl (C=O) groups is 2. The summed E-state index contributed by atoms with van der Waals surface area (Å²) < 4.78 is 9.81. The van der Waals surface area contributed by atoms with E-state index in [2.05, 4.69) is 13.8 Å². The number of ether oxygens (including phenoxy) is 2. The Labute approximate surface area is 247 Å². The van der Waals surface area contributed by atoms with Gasteiger partial charge in [0, 0.05) is 12.8 Å². The van der Waals surface area contributed by atoms with Gasteiger partial charge >= 0.3 is 17.9 Å². The Morgan fingerprint density at radius 3 is 0.900 bits per heavy atom. The lowest BCUT2D eigenvalue weighted by Gasteiger charge is -2.24. The second-order valence-corrected chi connectivity index (χ2v) is 11.8. The Kier molecular flexibility index (Phi) is 28.5. The highest BCUT2D eigenvalue weighted by Crippen LogP contribution is 2.17. The van der Waals surface area contributed by atoms with Crippen LogP contribution in [-0.4, -0.2) is 34.7 Å². The van der Waals surface area contributed by atoms with Gasteiger partial charge in [0.05, 0.1) is 0 Å². The molecule has 0 amide bonds. The van der Waals surface area contributed by atoms with Crippen molar-refractivity contribution in [3.05, 3.63) is 0 Å². The molecule has 0 atom stereocenters. The van der Waals surface area contributed by atoms with Gasteiger partial charge < -0.3 is 19.7 Å². The summed E-state index contributed by atoms with van der Waals surface area (Å²) in [6, 6.07) is 0. The van der Waals surface area contributed by atoms with Crippen molar-refractivity contribution < 1.29 is 29.3 Å². The van der Waals surface area contributed by atoms with Gasteiger partial charge in [0.25, 0.3) is 0 Å². The quantitative estimate of drug-likeness (QED) is 0.0489. The molecule has 238 valence electrons. The molecular weight excluding hydrogens is 504 g/mol. The largest absolute Gasteiger partial charge is 0.398 e. The number of unbranched alkanes of at least 4 members (excludes halogenated alkanes) is 24. The van der Waals surface area contributed by atoms with Gasteiger partial charge in [-0.05, 0) is 12.8 Å². The maximum absolute atomic E-state index is 12.1. The molecule has 0 saturated heterocycles. The first kappa shape index (κ1) is 38.9. The van der Waals surface area contributed by atoms with E-state index in [4.69, 9.17) is 9.47 Å². The van der Waals surface area contributed by atoms with Gasteiger partial charge in [-0.2, -0.15) is 0 Å². The summed E-state index contributed by atoms with van der Waals surface area (Å²) >= 11 is 0. The molecule has 6 nitrogen and oxygen atoms in total. The molecule has 0 fully saturated rings. The van der Waals surface area contributed by atoms with Crippen molar-refractivity contribution in [2.45, 2.75) is 200 Å². The zero-order chi connectivity index (χ0) is 29.6. The fourth-order valence-corrected chi connectivity index (χ4v) is 5.12. The van der Waals surface area contributed by atoms with Crippen molar-refractivity contribution in [2.75, 3.05) is 6.61 Å². The molecule has 0 spiro atoms. The number of hydrogen-bond donors (Lipinski definition) is 2. The first-order valence-electron chi connectivity index (χ1n) is 17.2. The third-order valence-electron chi connectivity index (χ3n) is 7.72. The van der Waals surface area contributed by atoms with Crippen molar-refractivity contribution in [3.63, 3.8) is 0 Å². The Bertz CT molecular complexity index is 521. The lowest BCUT2D eigenvalue weighted by Crippen LogP contribution is -2.43. The molecule has 0 aliphatic heterocycles. The molecule has 2 N–H and O–H groups in total. The summed E-state index contributed by atoms with van der Waals surface area (Å²) in [5, 5.41) is 19.7. The molecule has 0 aliphatic carbocycles. The van der Waals surface area contributed by atoms with Crippen LogP contribution >= 0.6 is 0 Å². The fraction of sp³-hybridized carbons (Fsp3) is 0.941. The number of aliphatic hydroxyl groups is 2. The molecular formula is C34H66O6. The number of hydrogen-bond acceptors (Lipinski definition) is 6. The summed E-state index contributed by atoms with van der Waals surface area (Å²) in [5.74, 6) is -3.90. The summed E-state index contributed by atoms with van der Waals surface area (Å²) in [7, 11) is 0. The van der Waals surface area contributed by atoms with Gasteiger partial charge in [0.15, 0.2) is 0 Å². The first-order valence-corrected chi connectivity index (χ1v) is 17.2. The second-order valence-electron chi connectivity index (χ2n) is 11.8. The van der Waals surface area contributed by atoms with Gasteiger partial charge in [0.2, 0.25) is 0 Å². The van der Waals surface area contributed by atoms with Crippen LogP contribution in [0.4, 0.5) is 0 Å². The van der Waals surface area contributed by atoms with Gasteiger partial charge in [-0.1, -0.05) is 168 Å². The van der Waals surface area contributed by atoms with Crippen LogP contribution in [-0.2, 0) is 19.1 Å². The van der Waals surface area contributed by atoms with Crippen LogP contribution in [0.5, 0.6) is 0 Å². The van der Waals surface area contributed by atoms with Crippen molar-refractivity contribution in [2.24, 2.45) is 0 Å². The standard InChI is InChI=1S/C34H66O6/c1-3-5-7-9-11-13-15-17-19-21-23-25-27-29-32(36)39-34(38,31-35)40-33(37)30-28-26-24-22-20-18-16-14-12-10-8-6-4-2/h35,38H,3-31H2,1-2H3. The molecule has 0 bridgehead atoms. The minimum absolute atomic E-state index is 0.135. The van der Waals surface area contributed by atoms with Crippen LogP contribution in [0, 0.1) is 0 Å². The van der Waals surface area contributed by atoms with Gasteiger partial charge in [0.1, 0.15) is 6.61 Å². The summed E-state index contributed by atoms with van der Waals surface area (Å²) in [6.45, 7) is 3.52. The van der Waals surface area contributed by atoms with Crippen LogP contribution in [0.2, 0.25) is 0 Å². The number of rotatable bonds is 31. The summed E-state index contributed by atoms with van der Waals surface area (Å²) in [6.07, 6.45) is 31.8. The molecule has 0 aromatic carbocycles. The van der Waals surface area contributed by atoms with Crippen LogP contribution in [0.1, 0.15) is 194 Å². The van der Waals surface area contributed by atoms with E-state index in [1.165, 1.54) is 128 Å². The Morgan fingerprint density at radius 2 is 0.675 bits per heavy atom. The van der Waals surface area contributed by atoms with Gasteiger partial charge in [-0.15, -0.1) is 0 Å². The van der Waals surface area contributed by atoms with Crippen LogP contribution in [0.3, 0.4) is 0 Å². The highest BCUT2D eigenvalue weighted by molar-refractivity contribution is 5.71. The van der Waals surface area contributed by atoms with Crippen LogP contribution in [0.25, 0.3) is 0 Å². The Balaban J connectivity index is 3.69. The number of esters is 2. The predicted molar refractivity (Wildman–Crippen MR) is 165 cm³/mol. The normalized spacial score (nSPS) is 11.6. The smallest absolute Gasteiger partial charge is 0.396 e. The maximum Gasteiger partial charge on any atom is 0.398 e. The molecule has 40 heavy (non-hydrogen) atoms. The third-order valence-corrected chi connectivity index (χ3v) is 7.72. The molecule has 0 heterocycles. The van der Waals surface area contributed by atoms with E-state index in [0.717, 1.165) is 25.7 Å². The molecule has 0 saturated carbocycles. The van der Waals surface area contributed by atoms with Crippen LogP contribution < -0.4 is 0 Å². The molecule has 0 radical (unpaired) electrons. The molecule has 0 rings (SSSR count). The minimum atomic E-state index is -2.58. The van der Waals surface area contributed by atoms with E-state index in [-0.39, 0.29) is 12.8 Å². The Morgan fingerprint density at radius 1 is 0.450 bits per heavy atom. The average Bonchev–Trinajstić information content (AvgIpc) is 2.93. The second kappa shape index (κ2) is 29.4. The van der Waals surface area contributed by atoms with E-state index in [1.54, 1.807) is 0 Å². The van der Waals surface area contributed by atoms with Crippen molar-refractivity contribution in [1.82, 2.24) is 0 Å². The van der Waals surface area contributed by atoms with Crippen LogP contribution in [0.15, 0.2) is 0 Å². The van der Waals surface area contributed by atoms with Crippen molar-refractivity contribution >= 4 is 11.9 Å². The lowest BCUT2D eigenvalue weighted by molar-refractivity contribution is -0.337. The zero-order valence-corrected chi connectivity index (χ0v) is 26.5. The van der Waals surface area contributed by atoms with E-state index < -0.39 is 24.5 Å². The highest BCUT2D eigenvalue weighted by atomic mass is 16.8. The van der Waals surface area contributed by atoms with Crippen molar-refractivity contribution in [3.8, 4) is 0 Å². The summed E-state index contributed by atoms with van der Waals surface area (Å²) in [5.41, 5.74) is 0.